The molecule has 0 aliphatic rings. The number of halogens is 1. The van der Waals surface area contributed by atoms with Gasteiger partial charge < -0.3 is 4.74 Å². The first kappa shape index (κ1) is 16.6. The predicted octanol–water partition coefficient (Wildman–Crippen LogP) is 5.03. The van der Waals surface area contributed by atoms with Crippen LogP contribution in [-0.2, 0) is 4.74 Å². The van der Waals surface area contributed by atoms with Crippen LogP contribution in [0.2, 0.25) is 0 Å². The first-order chi connectivity index (χ1) is 12.2. The number of carbonyl (C=O) groups excluding carboxylic acids is 1. The van der Waals surface area contributed by atoms with Crippen molar-refractivity contribution < 1.29 is 13.9 Å². The molecule has 0 N–H and O–H groups in total. The van der Waals surface area contributed by atoms with Gasteiger partial charge in [-0.15, -0.1) is 0 Å². The fourth-order valence-electron chi connectivity index (χ4n) is 2.39. The van der Waals surface area contributed by atoms with E-state index in [1.54, 1.807) is 36.5 Å². The normalized spacial score (nSPS) is 10.8. The molecule has 0 heterocycles. The van der Waals surface area contributed by atoms with Gasteiger partial charge in [0, 0.05) is 6.21 Å². The molecule has 3 aromatic carbocycles. The molecule has 25 heavy (non-hydrogen) atoms. The zero-order chi connectivity index (χ0) is 17.6. The minimum atomic E-state index is -0.397. The van der Waals surface area contributed by atoms with Crippen molar-refractivity contribution in [2.75, 3.05) is 7.11 Å². The molecule has 0 amide bonds. The summed E-state index contributed by atoms with van der Waals surface area (Å²) in [5, 5.41) is 0. The maximum absolute atomic E-state index is 14.3. The van der Waals surface area contributed by atoms with Crippen LogP contribution in [0.4, 0.5) is 10.1 Å². The summed E-state index contributed by atoms with van der Waals surface area (Å²) in [5.41, 5.74) is 3.24. The Morgan fingerprint density at radius 2 is 1.68 bits per heavy atom. The van der Waals surface area contributed by atoms with E-state index in [0.717, 1.165) is 16.7 Å². The zero-order valence-electron chi connectivity index (χ0n) is 13.6. The Kier molecular flexibility index (Phi) is 5.00. The molecule has 0 radical (unpaired) electrons. The highest BCUT2D eigenvalue weighted by atomic mass is 19.1. The van der Waals surface area contributed by atoms with Gasteiger partial charge in [-0.05, 0) is 41.0 Å². The number of hydrogen-bond donors (Lipinski definition) is 0. The minimum Gasteiger partial charge on any atom is -0.465 e. The molecular formula is C21H16FNO2. The van der Waals surface area contributed by atoms with Crippen molar-refractivity contribution >= 4 is 17.9 Å². The van der Waals surface area contributed by atoms with Crippen LogP contribution in [0.3, 0.4) is 0 Å². The predicted molar refractivity (Wildman–Crippen MR) is 96.9 cm³/mol. The van der Waals surface area contributed by atoms with Crippen LogP contribution >= 0.6 is 0 Å². The van der Waals surface area contributed by atoms with E-state index in [0.29, 0.717) is 5.56 Å². The molecule has 0 bridgehead atoms. The lowest BCUT2D eigenvalue weighted by Gasteiger charge is -2.03. The van der Waals surface area contributed by atoms with E-state index in [1.165, 1.54) is 13.2 Å². The molecule has 0 atom stereocenters. The third kappa shape index (κ3) is 3.98. The lowest BCUT2D eigenvalue weighted by molar-refractivity contribution is 0.0600. The number of nitrogens with zero attached hydrogens (tertiary/aromatic N) is 1. The number of aliphatic imine (C=N–C) groups is 1. The average molecular weight is 333 g/mol. The van der Waals surface area contributed by atoms with E-state index in [1.807, 2.05) is 36.4 Å². The highest BCUT2D eigenvalue weighted by molar-refractivity contribution is 5.91. The number of esters is 1. The van der Waals surface area contributed by atoms with Crippen molar-refractivity contribution in [3.05, 3.63) is 89.7 Å². The molecule has 4 heteroatoms. The minimum absolute atomic E-state index is 0.261. The molecule has 3 rings (SSSR count). The van der Waals surface area contributed by atoms with E-state index in [9.17, 15) is 9.18 Å². The maximum Gasteiger partial charge on any atom is 0.337 e. The number of rotatable bonds is 4. The summed E-state index contributed by atoms with van der Waals surface area (Å²) in [4.78, 5) is 15.6. The van der Waals surface area contributed by atoms with E-state index in [4.69, 9.17) is 0 Å². The fraction of sp³-hybridized carbons (Fsp3) is 0.0476. The SMILES string of the molecule is COC(=O)c1ccc(/C=N\c2ccc(-c3ccccc3)cc2F)cc1. The summed E-state index contributed by atoms with van der Waals surface area (Å²) in [6, 6.07) is 21.3. The second-order valence-electron chi connectivity index (χ2n) is 5.40. The van der Waals surface area contributed by atoms with Gasteiger partial charge >= 0.3 is 5.97 Å². The molecule has 124 valence electrons. The first-order valence-corrected chi connectivity index (χ1v) is 7.75. The van der Waals surface area contributed by atoms with Crippen molar-refractivity contribution in [3.8, 4) is 11.1 Å². The number of methoxy groups -OCH3 is 1. The van der Waals surface area contributed by atoms with E-state index in [-0.39, 0.29) is 11.5 Å². The van der Waals surface area contributed by atoms with Gasteiger partial charge in [-0.1, -0.05) is 48.5 Å². The van der Waals surface area contributed by atoms with E-state index >= 15 is 0 Å². The van der Waals surface area contributed by atoms with Crippen LogP contribution in [0, 0.1) is 5.82 Å². The molecule has 0 saturated carbocycles. The van der Waals surface area contributed by atoms with Gasteiger partial charge in [0.15, 0.2) is 0 Å². The lowest BCUT2D eigenvalue weighted by atomic mass is 10.1. The third-order valence-electron chi connectivity index (χ3n) is 3.74. The smallest absolute Gasteiger partial charge is 0.337 e. The van der Waals surface area contributed by atoms with Crippen LogP contribution in [0.25, 0.3) is 11.1 Å². The van der Waals surface area contributed by atoms with Gasteiger partial charge in [0.25, 0.3) is 0 Å². The molecule has 0 aromatic heterocycles. The van der Waals surface area contributed by atoms with Crippen LogP contribution < -0.4 is 0 Å². The number of hydrogen-bond acceptors (Lipinski definition) is 3. The van der Waals surface area contributed by atoms with E-state index < -0.39 is 5.97 Å². The Labute approximate surface area is 145 Å². The summed E-state index contributed by atoms with van der Waals surface area (Å²) in [6.45, 7) is 0. The van der Waals surface area contributed by atoms with Crippen molar-refractivity contribution in [1.82, 2.24) is 0 Å². The largest absolute Gasteiger partial charge is 0.465 e. The van der Waals surface area contributed by atoms with Crippen molar-refractivity contribution in [2.45, 2.75) is 0 Å². The number of ether oxygens (including phenoxy) is 1. The molecule has 0 fully saturated rings. The van der Waals surface area contributed by atoms with Crippen molar-refractivity contribution in [1.29, 1.82) is 0 Å². The fourth-order valence-corrected chi connectivity index (χ4v) is 2.39. The van der Waals surface area contributed by atoms with Crippen LogP contribution in [0.1, 0.15) is 15.9 Å². The molecule has 3 nitrogen and oxygen atoms in total. The van der Waals surface area contributed by atoms with Crippen LogP contribution in [0.5, 0.6) is 0 Å². The maximum atomic E-state index is 14.3. The molecule has 0 saturated heterocycles. The summed E-state index contributed by atoms with van der Waals surface area (Å²) in [6.07, 6.45) is 1.56. The van der Waals surface area contributed by atoms with Crippen LogP contribution in [-0.4, -0.2) is 19.3 Å². The monoisotopic (exact) mass is 333 g/mol. The molecule has 0 aliphatic heterocycles. The lowest BCUT2D eigenvalue weighted by Crippen LogP contribution is -2.00. The molecule has 3 aromatic rings. The number of carbonyl (C=O) groups is 1. The average Bonchev–Trinajstić information content (AvgIpc) is 2.67. The van der Waals surface area contributed by atoms with Gasteiger partial charge in [-0.25, -0.2) is 9.18 Å². The highest BCUT2D eigenvalue weighted by Crippen LogP contribution is 2.25. The Hall–Kier alpha value is -3.27. The molecule has 0 spiro atoms. The molecule has 0 aliphatic carbocycles. The standard InChI is InChI=1S/C21H16FNO2/c1-25-21(24)17-9-7-15(8-10-17)14-23-20-12-11-18(13-19(20)22)16-5-3-2-4-6-16/h2-14H,1H3/b23-14-. The quantitative estimate of drug-likeness (QED) is 0.496. The Bertz CT molecular complexity index is 903. The zero-order valence-corrected chi connectivity index (χ0v) is 13.6. The summed E-state index contributed by atoms with van der Waals surface area (Å²) in [7, 11) is 1.33. The number of benzene rings is 3. The molecular weight excluding hydrogens is 317 g/mol. The first-order valence-electron chi connectivity index (χ1n) is 7.75. The summed E-state index contributed by atoms with van der Waals surface area (Å²) in [5.74, 6) is -0.783. The van der Waals surface area contributed by atoms with Crippen molar-refractivity contribution in [3.63, 3.8) is 0 Å². The Morgan fingerprint density at radius 1 is 0.960 bits per heavy atom. The highest BCUT2D eigenvalue weighted by Gasteiger charge is 2.05. The van der Waals surface area contributed by atoms with Gasteiger partial charge in [-0.3, -0.25) is 4.99 Å². The van der Waals surface area contributed by atoms with Gasteiger partial charge in [0.05, 0.1) is 18.4 Å². The Morgan fingerprint density at radius 3 is 2.32 bits per heavy atom. The Balaban J connectivity index is 1.78. The second-order valence-corrected chi connectivity index (χ2v) is 5.40. The molecule has 0 unspecified atom stereocenters. The third-order valence-corrected chi connectivity index (χ3v) is 3.74. The summed E-state index contributed by atoms with van der Waals surface area (Å²) >= 11 is 0. The van der Waals surface area contributed by atoms with Crippen molar-refractivity contribution in [2.24, 2.45) is 4.99 Å². The topological polar surface area (TPSA) is 38.7 Å². The van der Waals surface area contributed by atoms with Gasteiger partial charge in [0.1, 0.15) is 5.82 Å². The second kappa shape index (κ2) is 7.53. The van der Waals surface area contributed by atoms with Gasteiger partial charge in [0.2, 0.25) is 0 Å². The summed E-state index contributed by atoms with van der Waals surface area (Å²) < 4.78 is 18.9. The van der Waals surface area contributed by atoms with Crippen LogP contribution in [0.15, 0.2) is 77.8 Å². The van der Waals surface area contributed by atoms with Gasteiger partial charge in [-0.2, -0.15) is 0 Å². The van der Waals surface area contributed by atoms with E-state index in [2.05, 4.69) is 9.73 Å².